The summed E-state index contributed by atoms with van der Waals surface area (Å²) in [5.74, 6) is -1.14. The number of carbonyl (C=O) groups excluding carboxylic acids is 2. The van der Waals surface area contributed by atoms with Gasteiger partial charge in [0.05, 0.1) is 12.6 Å². The molecule has 0 radical (unpaired) electrons. The van der Waals surface area contributed by atoms with Gasteiger partial charge in [-0.2, -0.15) is 0 Å². The molecule has 0 spiro atoms. The summed E-state index contributed by atoms with van der Waals surface area (Å²) in [6.07, 6.45) is 1.74. The first-order chi connectivity index (χ1) is 11.8. The van der Waals surface area contributed by atoms with Gasteiger partial charge in [-0.3, -0.25) is 9.59 Å². The number of benzene rings is 1. The first-order valence-corrected chi connectivity index (χ1v) is 7.99. The van der Waals surface area contributed by atoms with E-state index < -0.39 is 11.3 Å². The number of aliphatic hydroxyl groups excluding tert-OH is 1. The number of amides is 2. The van der Waals surface area contributed by atoms with E-state index in [1.165, 1.54) is 12.1 Å². The zero-order chi connectivity index (χ0) is 18.2. The Kier molecular flexibility index (Phi) is 4.34. The van der Waals surface area contributed by atoms with Gasteiger partial charge in [-0.15, -0.1) is 0 Å². The summed E-state index contributed by atoms with van der Waals surface area (Å²) in [5, 5.41) is 12.6. The molecule has 2 heterocycles. The third-order valence-corrected chi connectivity index (χ3v) is 4.77. The van der Waals surface area contributed by atoms with Crippen LogP contribution < -0.4 is 11.1 Å². The zero-order valence-electron chi connectivity index (χ0n) is 13.8. The van der Waals surface area contributed by atoms with Crippen LogP contribution in [0.15, 0.2) is 36.5 Å². The van der Waals surface area contributed by atoms with Crippen LogP contribution in [-0.2, 0) is 4.79 Å². The van der Waals surface area contributed by atoms with Crippen molar-refractivity contribution in [3.05, 3.63) is 48.0 Å². The maximum absolute atomic E-state index is 13.5. The molecule has 1 aromatic heterocycles. The number of rotatable bonds is 5. The van der Waals surface area contributed by atoms with Crippen molar-refractivity contribution in [2.45, 2.75) is 19.4 Å². The van der Waals surface area contributed by atoms with Crippen LogP contribution >= 0.6 is 0 Å². The summed E-state index contributed by atoms with van der Waals surface area (Å²) in [6.45, 7) is 1.77. The molecular formula is C18H20FN3O3. The van der Waals surface area contributed by atoms with Gasteiger partial charge in [0, 0.05) is 30.1 Å². The first kappa shape index (κ1) is 17.2. The highest BCUT2D eigenvalue weighted by Crippen LogP contribution is 2.38. The molecule has 7 heteroatoms. The van der Waals surface area contributed by atoms with Crippen molar-refractivity contribution in [2.75, 3.05) is 13.2 Å². The predicted molar refractivity (Wildman–Crippen MR) is 90.2 cm³/mol. The van der Waals surface area contributed by atoms with E-state index >= 15 is 0 Å². The molecule has 25 heavy (non-hydrogen) atoms. The van der Waals surface area contributed by atoms with Gasteiger partial charge in [-0.1, -0.05) is 19.1 Å². The lowest BCUT2D eigenvalue weighted by Crippen LogP contribution is -2.48. The molecule has 0 aliphatic carbocycles. The number of nitrogens with zero attached hydrogens (tertiary/aromatic N) is 1. The van der Waals surface area contributed by atoms with Gasteiger partial charge < -0.3 is 20.7 Å². The molecule has 0 saturated heterocycles. The Morgan fingerprint density at radius 3 is 2.84 bits per heavy atom. The van der Waals surface area contributed by atoms with Crippen molar-refractivity contribution >= 4 is 11.8 Å². The average molecular weight is 345 g/mol. The smallest absolute Gasteiger partial charge is 0.268 e. The van der Waals surface area contributed by atoms with Crippen molar-refractivity contribution in [3.8, 4) is 11.1 Å². The van der Waals surface area contributed by atoms with Crippen LogP contribution in [0.2, 0.25) is 0 Å². The largest absolute Gasteiger partial charge is 0.396 e. The molecule has 1 aliphatic heterocycles. The minimum absolute atomic E-state index is 0.0169. The fraction of sp³-hybridized carbons (Fsp3) is 0.333. The van der Waals surface area contributed by atoms with Gasteiger partial charge in [0.1, 0.15) is 11.5 Å². The lowest BCUT2D eigenvalue weighted by atomic mass is 9.78. The first-order valence-electron chi connectivity index (χ1n) is 7.99. The highest BCUT2D eigenvalue weighted by Gasteiger charge is 2.40. The van der Waals surface area contributed by atoms with Crippen molar-refractivity contribution in [3.63, 3.8) is 0 Å². The van der Waals surface area contributed by atoms with Crippen LogP contribution in [0, 0.1) is 11.2 Å². The molecule has 1 aliphatic rings. The van der Waals surface area contributed by atoms with E-state index in [1.54, 1.807) is 35.9 Å². The number of primary amides is 1. The van der Waals surface area contributed by atoms with Gasteiger partial charge in [0.25, 0.3) is 5.91 Å². The normalized spacial score (nSPS) is 19.0. The number of hydrogen-bond acceptors (Lipinski definition) is 3. The molecule has 6 nitrogen and oxygen atoms in total. The molecule has 0 bridgehead atoms. The van der Waals surface area contributed by atoms with Crippen LogP contribution in [0.5, 0.6) is 0 Å². The maximum Gasteiger partial charge on any atom is 0.268 e. The molecule has 4 N–H and O–H groups in total. The topological polar surface area (TPSA) is 97.3 Å². The van der Waals surface area contributed by atoms with E-state index in [9.17, 15) is 19.1 Å². The maximum atomic E-state index is 13.5. The Labute approximate surface area is 144 Å². The second-order valence-corrected chi connectivity index (χ2v) is 6.71. The summed E-state index contributed by atoms with van der Waals surface area (Å²) in [5.41, 5.74) is 6.25. The van der Waals surface area contributed by atoms with Crippen molar-refractivity contribution in [1.82, 2.24) is 9.88 Å². The van der Waals surface area contributed by atoms with E-state index in [1.807, 2.05) is 0 Å². The van der Waals surface area contributed by atoms with Crippen molar-refractivity contribution in [1.29, 1.82) is 0 Å². The quantitative estimate of drug-likeness (QED) is 0.765. The SMILES string of the molecule is C[C@@](CO)(CC(N)=O)[C@H]1CNC(=O)c2cc(-c3cccc(F)c3)cn21. The zero-order valence-corrected chi connectivity index (χ0v) is 13.8. The monoisotopic (exact) mass is 345 g/mol. The van der Waals surface area contributed by atoms with Gasteiger partial charge in [-0.05, 0) is 23.8 Å². The third kappa shape index (κ3) is 3.15. The fourth-order valence-electron chi connectivity index (χ4n) is 3.38. The molecule has 2 aromatic rings. The van der Waals surface area contributed by atoms with E-state index in [4.69, 9.17) is 5.73 Å². The lowest BCUT2D eigenvalue weighted by Gasteiger charge is -2.39. The molecule has 0 saturated carbocycles. The number of carbonyl (C=O) groups is 2. The van der Waals surface area contributed by atoms with Crippen molar-refractivity contribution in [2.24, 2.45) is 11.1 Å². The molecule has 0 fully saturated rings. The van der Waals surface area contributed by atoms with Gasteiger partial charge in [0.2, 0.25) is 5.91 Å². The van der Waals surface area contributed by atoms with E-state index in [2.05, 4.69) is 5.32 Å². The molecule has 2 amide bonds. The second-order valence-electron chi connectivity index (χ2n) is 6.71. The number of fused-ring (bicyclic) bond motifs is 1. The Morgan fingerprint density at radius 1 is 1.44 bits per heavy atom. The number of halogens is 1. The molecule has 0 unspecified atom stereocenters. The Balaban J connectivity index is 2.07. The minimum Gasteiger partial charge on any atom is -0.396 e. The highest BCUT2D eigenvalue weighted by molar-refractivity contribution is 5.95. The van der Waals surface area contributed by atoms with Gasteiger partial charge in [-0.25, -0.2) is 4.39 Å². The average Bonchev–Trinajstić information content (AvgIpc) is 3.00. The minimum atomic E-state index is -0.827. The number of nitrogens with one attached hydrogen (secondary N) is 1. The summed E-state index contributed by atoms with van der Waals surface area (Å²) in [4.78, 5) is 23.6. The lowest BCUT2D eigenvalue weighted by molar-refractivity contribution is -0.121. The Bertz CT molecular complexity index is 833. The molecule has 132 valence electrons. The van der Waals surface area contributed by atoms with E-state index in [0.717, 1.165) is 0 Å². The Hall–Kier alpha value is -2.67. The number of nitrogens with two attached hydrogens (primary N) is 1. The number of aliphatic hydroxyl groups is 1. The second kappa shape index (κ2) is 6.33. The number of hydrogen-bond donors (Lipinski definition) is 3. The standard InChI is InChI=1S/C18H20FN3O3/c1-18(10-23,7-16(20)24)15-8-21-17(25)14-6-12(9-22(14)15)11-3-2-4-13(19)5-11/h2-6,9,15,23H,7-8,10H2,1H3,(H2,20,24)(H,21,25)/t15-,18+/m1/s1. The summed E-state index contributed by atoms with van der Waals surface area (Å²) < 4.78 is 15.3. The molecule has 2 atom stereocenters. The van der Waals surface area contributed by atoms with Gasteiger partial charge in [0.15, 0.2) is 0 Å². The molecule has 3 rings (SSSR count). The van der Waals surface area contributed by atoms with Crippen LogP contribution in [0.25, 0.3) is 11.1 Å². The molecular weight excluding hydrogens is 325 g/mol. The van der Waals surface area contributed by atoms with Crippen LogP contribution in [0.1, 0.15) is 29.9 Å². The third-order valence-electron chi connectivity index (χ3n) is 4.77. The molecule has 1 aromatic carbocycles. The summed E-state index contributed by atoms with van der Waals surface area (Å²) >= 11 is 0. The predicted octanol–water partition coefficient (Wildman–Crippen LogP) is 1.45. The fourth-order valence-corrected chi connectivity index (χ4v) is 3.38. The highest BCUT2D eigenvalue weighted by atomic mass is 19.1. The van der Waals surface area contributed by atoms with Crippen LogP contribution in [0.3, 0.4) is 0 Å². The summed E-state index contributed by atoms with van der Waals surface area (Å²) in [7, 11) is 0. The van der Waals surface area contributed by atoms with E-state index in [-0.39, 0.29) is 37.3 Å². The van der Waals surface area contributed by atoms with E-state index in [0.29, 0.717) is 16.8 Å². The number of aromatic nitrogens is 1. The van der Waals surface area contributed by atoms with Crippen LogP contribution in [0.4, 0.5) is 4.39 Å². The Morgan fingerprint density at radius 2 is 2.20 bits per heavy atom. The van der Waals surface area contributed by atoms with Gasteiger partial charge >= 0.3 is 0 Å². The van der Waals surface area contributed by atoms with Crippen molar-refractivity contribution < 1.29 is 19.1 Å². The summed E-state index contributed by atoms with van der Waals surface area (Å²) in [6, 6.07) is 7.43. The van der Waals surface area contributed by atoms with Crippen LogP contribution in [-0.4, -0.2) is 34.6 Å².